The van der Waals surface area contributed by atoms with Crippen molar-refractivity contribution < 1.29 is 56.8 Å². The number of amides is 2. The zero-order valence-electron chi connectivity index (χ0n) is 31.7. The monoisotopic (exact) mass is 780 g/mol. The van der Waals surface area contributed by atoms with Gasteiger partial charge in [0.15, 0.2) is 0 Å². The maximum Gasteiger partial charge on any atom is 2.00 e. The third-order valence-electron chi connectivity index (χ3n) is 7.16. The third-order valence-corrected chi connectivity index (χ3v) is 7.16. The number of benzene rings is 2. The molecule has 0 atom stereocenters. The maximum atomic E-state index is 11.7. The predicted molar refractivity (Wildman–Crippen MR) is 203 cm³/mol. The molecule has 0 bridgehead atoms. The van der Waals surface area contributed by atoms with Crippen LogP contribution >= 0.6 is 0 Å². The number of aromatic carboxylic acids is 2. The molecule has 14 nitrogen and oxygen atoms in total. The number of aromatic nitrogens is 2. The van der Waals surface area contributed by atoms with Gasteiger partial charge < -0.3 is 50.4 Å². The molecule has 292 valence electrons. The van der Waals surface area contributed by atoms with Gasteiger partial charge in [0.1, 0.15) is 0 Å². The molecule has 53 heavy (non-hydrogen) atoms. The normalized spacial score (nSPS) is 9.06. The smallest absolute Gasteiger partial charge is 0.545 e. The summed E-state index contributed by atoms with van der Waals surface area (Å²) in [6.07, 6.45) is 6.53. The van der Waals surface area contributed by atoms with Crippen LogP contribution in [0.2, 0.25) is 0 Å². The molecule has 2 heterocycles. The van der Waals surface area contributed by atoms with Gasteiger partial charge in [-0.25, -0.2) is 0 Å². The van der Waals surface area contributed by atoms with Gasteiger partial charge in [0, 0.05) is 90.5 Å². The van der Waals surface area contributed by atoms with Gasteiger partial charge in [-0.3, -0.25) is 19.6 Å². The molecule has 4 aromatic rings. The first-order valence-electron chi connectivity index (χ1n) is 16.2. The van der Waals surface area contributed by atoms with Crippen LogP contribution in [-0.4, -0.2) is 97.9 Å². The van der Waals surface area contributed by atoms with Crippen LogP contribution in [-0.2, 0) is 27.4 Å². The Bertz CT molecular complexity index is 1470. The second-order valence-electron chi connectivity index (χ2n) is 10.9. The number of hydrogen-bond acceptors (Lipinski definition) is 10. The molecule has 0 unspecified atom stereocenters. The van der Waals surface area contributed by atoms with Crippen LogP contribution in [0.25, 0.3) is 0 Å². The van der Waals surface area contributed by atoms with Gasteiger partial charge >= 0.3 is 16.5 Å². The summed E-state index contributed by atoms with van der Waals surface area (Å²) in [6.45, 7) is 10.8. The van der Waals surface area contributed by atoms with Crippen LogP contribution in [0.5, 0.6) is 0 Å². The minimum Gasteiger partial charge on any atom is -0.545 e. The molecule has 0 aliphatic carbocycles. The van der Waals surface area contributed by atoms with Gasteiger partial charge in [-0.1, -0.05) is 24.3 Å². The third kappa shape index (κ3) is 18.6. The maximum absolute atomic E-state index is 11.7. The second kappa shape index (κ2) is 28.2. The van der Waals surface area contributed by atoms with E-state index in [9.17, 15) is 29.4 Å². The van der Waals surface area contributed by atoms with Crippen LogP contribution in [0, 0.1) is 0 Å². The first kappa shape index (κ1) is 52.0. The van der Waals surface area contributed by atoms with Crippen molar-refractivity contribution >= 4 is 35.1 Å². The van der Waals surface area contributed by atoms with Gasteiger partial charge in [0.05, 0.1) is 23.1 Å². The molecule has 15 heteroatoms. The minimum atomic E-state index is -1.14. The van der Waals surface area contributed by atoms with E-state index in [1.807, 2.05) is 65.7 Å². The summed E-state index contributed by atoms with van der Waals surface area (Å²) < 4.78 is 0. The number of rotatable bonds is 10. The number of carbonyl (C=O) groups excluding carboxylic acids is 4. The van der Waals surface area contributed by atoms with Gasteiger partial charge in [0.2, 0.25) is 0 Å². The Morgan fingerprint density at radius 1 is 0.509 bits per heavy atom. The van der Waals surface area contributed by atoms with E-state index >= 15 is 0 Å². The molecule has 0 saturated carbocycles. The first-order valence-corrected chi connectivity index (χ1v) is 16.2. The van der Waals surface area contributed by atoms with E-state index in [2.05, 4.69) is 9.97 Å². The van der Waals surface area contributed by atoms with Gasteiger partial charge in [-0.15, -0.1) is 0 Å². The summed E-state index contributed by atoms with van der Waals surface area (Å²) in [5, 5.41) is 20.7. The average molecular weight is 782 g/mol. The summed E-state index contributed by atoms with van der Waals surface area (Å²) in [6, 6.07) is 20.2. The van der Waals surface area contributed by atoms with Crippen molar-refractivity contribution in [2.75, 3.05) is 64.2 Å². The summed E-state index contributed by atoms with van der Waals surface area (Å²) in [7, 11) is 7.59. The van der Waals surface area contributed by atoms with Crippen molar-refractivity contribution in [3.63, 3.8) is 0 Å². The van der Waals surface area contributed by atoms with E-state index in [1.165, 1.54) is 24.3 Å². The molecule has 0 saturated heterocycles. The quantitative estimate of drug-likeness (QED) is 0.167. The number of nitrogens with zero attached hydrogens (tertiary/aromatic N) is 6. The number of carboxylic acid groups (broad SMARTS) is 2. The van der Waals surface area contributed by atoms with Crippen LogP contribution < -0.4 is 20.0 Å². The molecule has 0 fully saturated rings. The zero-order valence-corrected chi connectivity index (χ0v) is 32.7. The van der Waals surface area contributed by atoms with Gasteiger partial charge in [0.25, 0.3) is 11.8 Å². The van der Waals surface area contributed by atoms with E-state index in [-0.39, 0.29) is 50.4 Å². The fourth-order valence-electron chi connectivity index (χ4n) is 4.16. The predicted octanol–water partition coefficient (Wildman–Crippen LogP) is 1.51. The Kier molecular flexibility index (Phi) is 27.7. The van der Waals surface area contributed by atoms with Crippen LogP contribution in [0.1, 0.15) is 69.1 Å². The van der Waals surface area contributed by atoms with Gasteiger partial charge in [-0.05, 0) is 87.4 Å². The van der Waals surface area contributed by atoms with Crippen LogP contribution in [0.3, 0.4) is 0 Å². The van der Waals surface area contributed by atoms with Crippen LogP contribution in [0.15, 0.2) is 97.6 Å². The molecule has 2 amide bonds. The number of carboxylic acids is 2. The van der Waals surface area contributed by atoms with E-state index < -0.39 is 11.9 Å². The molecule has 0 aliphatic rings. The van der Waals surface area contributed by atoms with Crippen molar-refractivity contribution in [3.05, 3.63) is 120 Å². The minimum absolute atomic E-state index is 0. The largest absolute Gasteiger partial charge is 2.00 e. The van der Waals surface area contributed by atoms with Crippen LogP contribution in [0.4, 0.5) is 11.4 Å². The molecule has 0 radical (unpaired) electrons. The first-order chi connectivity index (χ1) is 23.8. The molecule has 0 aliphatic heterocycles. The average Bonchev–Trinajstić information content (AvgIpc) is 3.14. The van der Waals surface area contributed by atoms with E-state index in [4.69, 9.17) is 0 Å². The Morgan fingerprint density at radius 2 is 0.792 bits per heavy atom. The van der Waals surface area contributed by atoms with Crippen molar-refractivity contribution in [3.8, 4) is 0 Å². The SMILES string of the molecule is CCN(CC)C(=O)c1cccnc1.CCN(CC)C(=O)c1cccnc1.CN(C)c1ccc(C(=O)[O-])cc1.CN(C)c1ccc(C(=O)[O-])cc1.[Ni+2].[OH3+].[OH3+]. The number of hydrogen-bond donors (Lipinski definition) is 0. The van der Waals surface area contributed by atoms with Crippen molar-refractivity contribution in [2.24, 2.45) is 0 Å². The zero-order chi connectivity index (χ0) is 37.6. The van der Waals surface area contributed by atoms with E-state index in [0.29, 0.717) is 11.1 Å². The summed E-state index contributed by atoms with van der Waals surface area (Å²) in [5.74, 6) is -2.17. The van der Waals surface area contributed by atoms with Crippen molar-refractivity contribution in [1.29, 1.82) is 0 Å². The molecule has 2 aromatic carbocycles. The Morgan fingerprint density at radius 3 is 0.981 bits per heavy atom. The fourth-order valence-corrected chi connectivity index (χ4v) is 4.16. The Balaban J connectivity index is -0.000000618. The summed E-state index contributed by atoms with van der Waals surface area (Å²) in [5.41, 5.74) is 3.68. The molecule has 0 spiro atoms. The van der Waals surface area contributed by atoms with Gasteiger partial charge in [-0.2, -0.15) is 0 Å². The second-order valence-corrected chi connectivity index (χ2v) is 10.9. The number of carbonyl (C=O) groups is 4. The summed E-state index contributed by atoms with van der Waals surface area (Å²) >= 11 is 0. The molecule has 4 rings (SSSR count). The molecular formula is C38H54N6NiO8+2. The molecular weight excluding hydrogens is 727 g/mol. The van der Waals surface area contributed by atoms with E-state index in [1.54, 1.807) is 83.1 Å². The van der Waals surface area contributed by atoms with Crippen molar-refractivity contribution in [1.82, 2.24) is 19.8 Å². The number of pyridine rings is 2. The van der Waals surface area contributed by atoms with E-state index in [0.717, 1.165) is 37.6 Å². The van der Waals surface area contributed by atoms with Crippen molar-refractivity contribution in [2.45, 2.75) is 27.7 Å². The summed E-state index contributed by atoms with van der Waals surface area (Å²) in [4.78, 5) is 59.3. The Labute approximate surface area is 322 Å². The Hall–Kier alpha value is -5.37. The fraction of sp³-hybridized carbons (Fsp3) is 0.316. The molecule has 2 aromatic heterocycles. The topological polar surface area (TPSA) is 219 Å². The molecule has 6 N–H and O–H groups in total. The standard InChI is InChI=1S/2C10H14N2O.2C9H11NO2.Ni.2H2O/c2*1-3-12(4-2)10(13)9-6-5-7-11-8-9;2*1-10(2)8-5-3-7(4-6-8)9(11)12;;;/h2*5-8H,3-4H2,1-2H3;2*3-6H,1-2H3,(H,11,12);;2*1H2/q;;;;+2;;. The number of anilines is 2.